The van der Waals surface area contributed by atoms with Crippen molar-refractivity contribution in [2.75, 3.05) is 6.54 Å². The third-order valence-corrected chi connectivity index (χ3v) is 4.99. The van der Waals surface area contributed by atoms with Crippen molar-refractivity contribution in [2.24, 2.45) is 0 Å². The van der Waals surface area contributed by atoms with Gasteiger partial charge in [-0.3, -0.25) is 0 Å². The standard InChI is InChI=1S/C17H23N3/c1-10-11(2)13(4)17(14(5)12(10)3)15-8-19-16-9-18-6-7-20(15)16/h8,18H,6-7,9H2,1-5H3. The lowest BCUT2D eigenvalue weighted by molar-refractivity contribution is 0.508. The first-order valence-corrected chi connectivity index (χ1v) is 7.34. The zero-order valence-corrected chi connectivity index (χ0v) is 13.1. The Bertz CT molecular complexity index is 651. The Balaban J connectivity index is 2.28. The molecule has 0 atom stereocenters. The van der Waals surface area contributed by atoms with Gasteiger partial charge in [0.25, 0.3) is 0 Å². The summed E-state index contributed by atoms with van der Waals surface area (Å²) >= 11 is 0. The van der Waals surface area contributed by atoms with Gasteiger partial charge in [-0.25, -0.2) is 4.98 Å². The molecule has 1 aromatic heterocycles. The van der Waals surface area contributed by atoms with E-state index in [1.54, 1.807) is 0 Å². The van der Waals surface area contributed by atoms with E-state index in [0.717, 1.165) is 25.5 Å². The maximum Gasteiger partial charge on any atom is 0.123 e. The van der Waals surface area contributed by atoms with Gasteiger partial charge in [0.1, 0.15) is 5.82 Å². The van der Waals surface area contributed by atoms with Crippen LogP contribution in [0.1, 0.15) is 33.6 Å². The number of nitrogens with one attached hydrogen (secondary N) is 1. The molecule has 106 valence electrons. The molecule has 0 saturated heterocycles. The van der Waals surface area contributed by atoms with Gasteiger partial charge in [-0.2, -0.15) is 0 Å². The number of benzene rings is 1. The van der Waals surface area contributed by atoms with Gasteiger partial charge in [0, 0.05) is 18.7 Å². The molecule has 0 fully saturated rings. The van der Waals surface area contributed by atoms with Crippen LogP contribution < -0.4 is 5.32 Å². The second kappa shape index (κ2) is 4.74. The summed E-state index contributed by atoms with van der Waals surface area (Å²) in [5, 5.41) is 3.38. The Morgan fingerprint density at radius 1 is 0.950 bits per heavy atom. The Labute approximate surface area is 121 Å². The summed E-state index contributed by atoms with van der Waals surface area (Å²) in [5.41, 5.74) is 9.69. The summed E-state index contributed by atoms with van der Waals surface area (Å²) in [6.07, 6.45) is 2.05. The fourth-order valence-electron chi connectivity index (χ4n) is 3.28. The van der Waals surface area contributed by atoms with E-state index in [9.17, 15) is 0 Å². The second-order valence-electron chi connectivity index (χ2n) is 5.89. The molecule has 1 N–H and O–H groups in total. The SMILES string of the molecule is Cc1c(C)c(C)c(-c2cnc3n2CCNC3)c(C)c1C. The average molecular weight is 269 g/mol. The van der Waals surface area contributed by atoms with Crippen molar-refractivity contribution in [3.63, 3.8) is 0 Å². The molecule has 0 spiro atoms. The first kappa shape index (κ1) is 13.4. The van der Waals surface area contributed by atoms with Crippen molar-refractivity contribution in [1.29, 1.82) is 0 Å². The number of rotatable bonds is 1. The molecule has 0 bridgehead atoms. The van der Waals surface area contributed by atoms with E-state index in [1.165, 1.54) is 39.1 Å². The van der Waals surface area contributed by atoms with Crippen LogP contribution in [0.3, 0.4) is 0 Å². The monoisotopic (exact) mass is 269 g/mol. The zero-order valence-electron chi connectivity index (χ0n) is 13.1. The minimum atomic E-state index is 0.877. The lowest BCUT2D eigenvalue weighted by Gasteiger charge is -2.22. The van der Waals surface area contributed by atoms with E-state index < -0.39 is 0 Å². The number of aromatic nitrogens is 2. The minimum absolute atomic E-state index is 0.877. The summed E-state index contributed by atoms with van der Waals surface area (Å²) in [7, 11) is 0. The summed E-state index contributed by atoms with van der Waals surface area (Å²) in [6, 6.07) is 0. The second-order valence-corrected chi connectivity index (χ2v) is 5.89. The first-order chi connectivity index (χ1) is 9.52. The van der Waals surface area contributed by atoms with Crippen LogP contribution in [0, 0.1) is 34.6 Å². The Morgan fingerprint density at radius 3 is 2.20 bits per heavy atom. The van der Waals surface area contributed by atoms with Crippen LogP contribution in [0.25, 0.3) is 11.3 Å². The number of fused-ring (bicyclic) bond motifs is 1. The van der Waals surface area contributed by atoms with Crippen LogP contribution in [0.15, 0.2) is 6.20 Å². The molecule has 2 heterocycles. The van der Waals surface area contributed by atoms with Gasteiger partial charge in [-0.1, -0.05) is 0 Å². The highest BCUT2D eigenvalue weighted by Crippen LogP contribution is 2.34. The van der Waals surface area contributed by atoms with Crippen LogP contribution in [-0.2, 0) is 13.1 Å². The molecular weight excluding hydrogens is 246 g/mol. The molecule has 2 aromatic rings. The van der Waals surface area contributed by atoms with Gasteiger partial charge in [-0.15, -0.1) is 0 Å². The molecule has 1 aliphatic heterocycles. The Hall–Kier alpha value is -1.61. The van der Waals surface area contributed by atoms with Crippen LogP contribution in [0.5, 0.6) is 0 Å². The Kier molecular flexibility index (Phi) is 3.17. The van der Waals surface area contributed by atoms with E-state index in [1.807, 2.05) is 6.20 Å². The molecule has 1 aliphatic rings. The van der Waals surface area contributed by atoms with Crippen LogP contribution in [0.4, 0.5) is 0 Å². The molecule has 0 saturated carbocycles. The molecule has 3 heteroatoms. The van der Waals surface area contributed by atoms with E-state index in [4.69, 9.17) is 0 Å². The largest absolute Gasteiger partial charge is 0.326 e. The summed E-state index contributed by atoms with van der Waals surface area (Å²) in [6.45, 7) is 14.1. The number of imidazole rings is 1. The highest BCUT2D eigenvalue weighted by Gasteiger charge is 2.20. The molecule has 3 nitrogen and oxygen atoms in total. The zero-order chi connectivity index (χ0) is 14.4. The third kappa shape index (κ3) is 1.80. The van der Waals surface area contributed by atoms with E-state index in [-0.39, 0.29) is 0 Å². The lowest BCUT2D eigenvalue weighted by Crippen LogP contribution is -2.28. The molecular formula is C17H23N3. The molecule has 3 rings (SSSR count). The topological polar surface area (TPSA) is 29.9 Å². The van der Waals surface area contributed by atoms with Crippen LogP contribution in [0.2, 0.25) is 0 Å². The van der Waals surface area contributed by atoms with Crippen molar-refractivity contribution in [1.82, 2.24) is 14.9 Å². The van der Waals surface area contributed by atoms with E-state index >= 15 is 0 Å². The normalized spacial score (nSPS) is 14.4. The summed E-state index contributed by atoms with van der Waals surface area (Å²) in [5.74, 6) is 1.15. The molecule has 0 amide bonds. The smallest absolute Gasteiger partial charge is 0.123 e. The van der Waals surface area contributed by atoms with Crippen molar-refractivity contribution < 1.29 is 0 Å². The van der Waals surface area contributed by atoms with Gasteiger partial charge in [0.05, 0.1) is 18.4 Å². The molecule has 0 unspecified atom stereocenters. The van der Waals surface area contributed by atoms with Crippen LogP contribution >= 0.6 is 0 Å². The fourth-order valence-corrected chi connectivity index (χ4v) is 3.28. The number of hydrogen-bond donors (Lipinski definition) is 1. The highest BCUT2D eigenvalue weighted by molar-refractivity contribution is 5.72. The van der Waals surface area contributed by atoms with Crippen LogP contribution in [-0.4, -0.2) is 16.1 Å². The lowest BCUT2D eigenvalue weighted by atomic mass is 9.88. The third-order valence-electron chi connectivity index (χ3n) is 4.99. The van der Waals surface area contributed by atoms with Gasteiger partial charge >= 0.3 is 0 Å². The maximum absolute atomic E-state index is 4.60. The van der Waals surface area contributed by atoms with E-state index in [0.29, 0.717) is 0 Å². The van der Waals surface area contributed by atoms with Gasteiger partial charge in [-0.05, 0) is 62.4 Å². The predicted octanol–water partition coefficient (Wildman–Crippen LogP) is 3.20. The molecule has 0 radical (unpaired) electrons. The quantitative estimate of drug-likeness (QED) is 0.861. The number of hydrogen-bond acceptors (Lipinski definition) is 2. The first-order valence-electron chi connectivity index (χ1n) is 7.34. The van der Waals surface area contributed by atoms with E-state index in [2.05, 4.69) is 49.5 Å². The summed E-state index contributed by atoms with van der Waals surface area (Å²) < 4.78 is 2.38. The molecule has 0 aliphatic carbocycles. The van der Waals surface area contributed by atoms with Gasteiger partial charge in [0.15, 0.2) is 0 Å². The predicted molar refractivity (Wildman–Crippen MR) is 83.1 cm³/mol. The average Bonchev–Trinajstić information content (AvgIpc) is 2.87. The van der Waals surface area contributed by atoms with Gasteiger partial charge < -0.3 is 9.88 Å². The molecule has 20 heavy (non-hydrogen) atoms. The molecule has 1 aromatic carbocycles. The van der Waals surface area contributed by atoms with Crippen molar-refractivity contribution in [2.45, 2.75) is 47.7 Å². The highest BCUT2D eigenvalue weighted by atomic mass is 15.2. The number of nitrogens with zero attached hydrogens (tertiary/aromatic N) is 2. The minimum Gasteiger partial charge on any atom is -0.326 e. The van der Waals surface area contributed by atoms with Crippen molar-refractivity contribution in [3.8, 4) is 11.3 Å². The van der Waals surface area contributed by atoms with Crippen molar-refractivity contribution in [3.05, 3.63) is 39.8 Å². The summed E-state index contributed by atoms with van der Waals surface area (Å²) in [4.78, 5) is 4.60. The fraction of sp³-hybridized carbons (Fsp3) is 0.471. The van der Waals surface area contributed by atoms with Gasteiger partial charge in [0.2, 0.25) is 0 Å². The maximum atomic E-state index is 4.60. The van der Waals surface area contributed by atoms with Crippen molar-refractivity contribution >= 4 is 0 Å². The Morgan fingerprint density at radius 2 is 1.55 bits per heavy atom.